The number of amides is 1. The molecule has 2 rings (SSSR count). The Hall–Kier alpha value is -1.77. The SMILES string of the molecule is CCN(Cc1cccc(F)c1)C(=O)c1ccc(Br)c(S(=O)(=O)N(C)C)c1. The largest absolute Gasteiger partial charge is 0.335 e. The van der Waals surface area contributed by atoms with Gasteiger partial charge in [-0.3, -0.25) is 4.79 Å². The fourth-order valence-electron chi connectivity index (χ4n) is 2.40. The lowest BCUT2D eigenvalue weighted by molar-refractivity contribution is 0.0752. The Balaban J connectivity index is 2.36. The maximum Gasteiger partial charge on any atom is 0.254 e. The molecule has 0 saturated heterocycles. The summed E-state index contributed by atoms with van der Waals surface area (Å²) in [5.74, 6) is -0.687. The zero-order chi connectivity index (χ0) is 19.5. The van der Waals surface area contributed by atoms with Gasteiger partial charge in [0, 0.05) is 37.2 Å². The molecule has 2 aromatic carbocycles. The summed E-state index contributed by atoms with van der Waals surface area (Å²) < 4.78 is 39.7. The van der Waals surface area contributed by atoms with Crippen LogP contribution in [0.1, 0.15) is 22.8 Å². The minimum Gasteiger partial charge on any atom is -0.335 e. The molecule has 8 heteroatoms. The Labute approximate surface area is 161 Å². The number of rotatable bonds is 6. The van der Waals surface area contributed by atoms with Gasteiger partial charge in [0.25, 0.3) is 5.91 Å². The maximum absolute atomic E-state index is 13.4. The van der Waals surface area contributed by atoms with Crippen molar-refractivity contribution in [3.05, 3.63) is 63.9 Å². The van der Waals surface area contributed by atoms with Crippen LogP contribution in [-0.2, 0) is 16.6 Å². The molecule has 0 atom stereocenters. The number of hydrogen-bond donors (Lipinski definition) is 0. The van der Waals surface area contributed by atoms with Crippen molar-refractivity contribution in [2.45, 2.75) is 18.4 Å². The second-order valence-electron chi connectivity index (χ2n) is 5.88. The Morgan fingerprint density at radius 1 is 1.15 bits per heavy atom. The number of carbonyl (C=O) groups is 1. The second-order valence-corrected chi connectivity index (χ2v) is 8.86. The van der Waals surface area contributed by atoms with E-state index in [1.54, 1.807) is 24.3 Å². The first-order valence-corrected chi connectivity index (χ1v) is 10.2. The van der Waals surface area contributed by atoms with E-state index in [1.165, 1.54) is 37.2 Å². The predicted molar refractivity (Wildman–Crippen MR) is 102 cm³/mol. The monoisotopic (exact) mass is 442 g/mol. The number of nitrogens with zero attached hydrogens (tertiary/aromatic N) is 2. The van der Waals surface area contributed by atoms with Crippen molar-refractivity contribution < 1.29 is 17.6 Å². The number of benzene rings is 2. The molecule has 2 aromatic rings. The third-order valence-electron chi connectivity index (χ3n) is 3.87. The lowest BCUT2D eigenvalue weighted by atomic mass is 10.1. The first kappa shape index (κ1) is 20.5. The summed E-state index contributed by atoms with van der Waals surface area (Å²) in [5.41, 5.74) is 0.922. The zero-order valence-corrected chi connectivity index (χ0v) is 17.1. The average Bonchev–Trinajstić information content (AvgIpc) is 2.59. The molecule has 0 aliphatic heterocycles. The van der Waals surface area contributed by atoms with Crippen LogP contribution in [-0.4, -0.2) is 44.2 Å². The zero-order valence-electron chi connectivity index (χ0n) is 14.7. The maximum atomic E-state index is 13.4. The van der Waals surface area contributed by atoms with E-state index in [-0.39, 0.29) is 28.7 Å². The van der Waals surface area contributed by atoms with Crippen molar-refractivity contribution in [2.24, 2.45) is 0 Å². The molecule has 0 aliphatic carbocycles. The topological polar surface area (TPSA) is 57.7 Å². The molecule has 140 valence electrons. The average molecular weight is 443 g/mol. The molecule has 0 N–H and O–H groups in total. The van der Waals surface area contributed by atoms with Crippen LogP contribution in [0.4, 0.5) is 4.39 Å². The standard InChI is InChI=1S/C18H20BrFN2O3S/c1-4-22(12-13-6-5-7-15(20)10-13)18(23)14-8-9-16(19)17(11-14)26(24,25)21(2)3/h5-11H,4,12H2,1-3H3. The van der Waals surface area contributed by atoms with E-state index >= 15 is 0 Å². The molecule has 26 heavy (non-hydrogen) atoms. The minimum absolute atomic E-state index is 0.0233. The fourth-order valence-corrected chi connectivity index (χ4v) is 4.24. The van der Waals surface area contributed by atoms with Gasteiger partial charge in [0.2, 0.25) is 10.0 Å². The summed E-state index contributed by atoms with van der Waals surface area (Å²) in [7, 11) is -0.836. The van der Waals surface area contributed by atoms with Gasteiger partial charge >= 0.3 is 0 Å². The van der Waals surface area contributed by atoms with Crippen molar-refractivity contribution in [2.75, 3.05) is 20.6 Å². The first-order valence-electron chi connectivity index (χ1n) is 7.92. The van der Waals surface area contributed by atoms with Crippen LogP contribution in [0.2, 0.25) is 0 Å². The third kappa shape index (κ3) is 4.49. The summed E-state index contributed by atoms with van der Waals surface area (Å²) in [4.78, 5) is 14.4. The van der Waals surface area contributed by atoms with Crippen molar-refractivity contribution in [1.82, 2.24) is 9.21 Å². The van der Waals surface area contributed by atoms with Crippen LogP contribution < -0.4 is 0 Å². The smallest absolute Gasteiger partial charge is 0.254 e. The van der Waals surface area contributed by atoms with Crippen LogP contribution >= 0.6 is 15.9 Å². The molecule has 0 heterocycles. The molecule has 0 bridgehead atoms. The van der Waals surface area contributed by atoms with E-state index in [2.05, 4.69) is 15.9 Å². The van der Waals surface area contributed by atoms with Gasteiger partial charge in [-0.2, -0.15) is 0 Å². The Morgan fingerprint density at radius 2 is 1.85 bits per heavy atom. The highest BCUT2D eigenvalue weighted by molar-refractivity contribution is 9.10. The molecule has 0 fully saturated rings. The molecule has 1 amide bonds. The second kappa shape index (κ2) is 8.28. The van der Waals surface area contributed by atoms with Gasteiger partial charge in [0.1, 0.15) is 5.82 Å². The van der Waals surface area contributed by atoms with Gasteiger partial charge in [0.15, 0.2) is 0 Å². The van der Waals surface area contributed by atoms with Crippen LogP contribution in [0, 0.1) is 5.82 Å². The summed E-state index contributed by atoms with van der Waals surface area (Å²) >= 11 is 3.23. The number of sulfonamides is 1. The van der Waals surface area contributed by atoms with Crippen LogP contribution in [0.25, 0.3) is 0 Å². The molecule has 0 spiro atoms. The van der Waals surface area contributed by atoms with E-state index < -0.39 is 10.0 Å². The Morgan fingerprint density at radius 3 is 2.42 bits per heavy atom. The van der Waals surface area contributed by atoms with Gasteiger partial charge in [-0.05, 0) is 58.7 Å². The van der Waals surface area contributed by atoms with Crippen molar-refractivity contribution in [3.8, 4) is 0 Å². The summed E-state index contributed by atoms with van der Waals surface area (Å²) in [6.07, 6.45) is 0. The fraction of sp³-hybridized carbons (Fsp3) is 0.278. The molecule has 0 aliphatic rings. The van der Waals surface area contributed by atoms with E-state index in [4.69, 9.17) is 0 Å². The summed E-state index contributed by atoms with van der Waals surface area (Å²) in [6.45, 7) is 2.45. The van der Waals surface area contributed by atoms with Crippen LogP contribution in [0.15, 0.2) is 51.8 Å². The highest BCUT2D eigenvalue weighted by Crippen LogP contribution is 2.26. The van der Waals surface area contributed by atoms with E-state index in [1.807, 2.05) is 6.92 Å². The van der Waals surface area contributed by atoms with Crippen LogP contribution in [0.3, 0.4) is 0 Å². The first-order chi connectivity index (χ1) is 12.2. The predicted octanol–water partition coefficient (Wildman–Crippen LogP) is 3.50. The number of halogens is 2. The molecule has 0 aromatic heterocycles. The normalized spacial score (nSPS) is 11.6. The molecular weight excluding hydrogens is 423 g/mol. The number of carbonyl (C=O) groups excluding carboxylic acids is 1. The molecule has 0 radical (unpaired) electrons. The van der Waals surface area contributed by atoms with E-state index in [0.717, 1.165) is 4.31 Å². The van der Waals surface area contributed by atoms with E-state index in [0.29, 0.717) is 16.6 Å². The molecule has 5 nitrogen and oxygen atoms in total. The lowest BCUT2D eigenvalue weighted by Gasteiger charge is -2.22. The van der Waals surface area contributed by atoms with Crippen molar-refractivity contribution >= 4 is 31.9 Å². The minimum atomic E-state index is -3.69. The van der Waals surface area contributed by atoms with Gasteiger partial charge < -0.3 is 4.90 Å². The summed E-state index contributed by atoms with van der Waals surface area (Å²) in [5, 5.41) is 0. The molecule has 0 saturated carbocycles. The van der Waals surface area contributed by atoms with E-state index in [9.17, 15) is 17.6 Å². The van der Waals surface area contributed by atoms with Gasteiger partial charge in [-0.15, -0.1) is 0 Å². The highest BCUT2D eigenvalue weighted by Gasteiger charge is 2.23. The Bertz CT molecular complexity index is 916. The van der Waals surface area contributed by atoms with Crippen molar-refractivity contribution in [3.63, 3.8) is 0 Å². The van der Waals surface area contributed by atoms with Gasteiger partial charge in [-0.25, -0.2) is 17.1 Å². The van der Waals surface area contributed by atoms with Gasteiger partial charge in [0.05, 0.1) is 4.90 Å². The third-order valence-corrected chi connectivity index (χ3v) is 6.68. The molecule has 0 unspecified atom stereocenters. The van der Waals surface area contributed by atoms with Gasteiger partial charge in [-0.1, -0.05) is 12.1 Å². The summed E-state index contributed by atoms with van der Waals surface area (Å²) in [6, 6.07) is 10.5. The quantitative estimate of drug-likeness (QED) is 0.687. The van der Waals surface area contributed by atoms with Crippen molar-refractivity contribution in [1.29, 1.82) is 0 Å². The number of hydrogen-bond acceptors (Lipinski definition) is 3. The van der Waals surface area contributed by atoms with Crippen LogP contribution in [0.5, 0.6) is 0 Å². The lowest BCUT2D eigenvalue weighted by Crippen LogP contribution is -2.30. The Kier molecular flexibility index (Phi) is 6.54. The highest BCUT2D eigenvalue weighted by atomic mass is 79.9. The molecular formula is C18H20BrFN2O3S.